The third kappa shape index (κ3) is 2.65. The van der Waals surface area contributed by atoms with Gasteiger partial charge < -0.3 is 10.4 Å². The summed E-state index contributed by atoms with van der Waals surface area (Å²) in [5.74, 6) is 1.16. The highest BCUT2D eigenvalue weighted by Crippen LogP contribution is 2.25. The SMILES string of the molecule is Cc1ccc(NCC2CCCC2O)nn1. The van der Waals surface area contributed by atoms with E-state index in [4.69, 9.17) is 0 Å². The number of nitrogens with zero attached hydrogens (tertiary/aromatic N) is 2. The van der Waals surface area contributed by atoms with E-state index in [1.165, 1.54) is 0 Å². The molecule has 4 heteroatoms. The lowest BCUT2D eigenvalue weighted by Crippen LogP contribution is -2.22. The molecule has 1 aromatic rings. The highest BCUT2D eigenvalue weighted by Gasteiger charge is 2.24. The Morgan fingerprint density at radius 2 is 2.27 bits per heavy atom. The predicted molar refractivity (Wildman–Crippen MR) is 58.6 cm³/mol. The first-order valence-corrected chi connectivity index (χ1v) is 5.48. The van der Waals surface area contributed by atoms with Gasteiger partial charge in [-0.15, -0.1) is 5.10 Å². The number of aryl methyl sites for hydroxylation is 1. The van der Waals surface area contributed by atoms with Gasteiger partial charge in [-0.1, -0.05) is 6.42 Å². The number of aliphatic hydroxyl groups excluding tert-OH is 1. The Morgan fingerprint density at radius 1 is 1.40 bits per heavy atom. The van der Waals surface area contributed by atoms with Crippen molar-refractivity contribution in [1.82, 2.24) is 10.2 Å². The molecule has 1 fully saturated rings. The van der Waals surface area contributed by atoms with Crippen LogP contribution in [0.2, 0.25) is 0 Å². The maximum atomic E-state index is 9.64. The van der Waals surface area contributed by atoms with Gasteiger partial charge in [0.15, 0.2) is 0 Å². The summed E-state index contributed by atoms with van der Waals surface area (Å²) in [7, 11) is 0. The largest absolute Gasteiger partial charge is 0.393 e. The molecule has 0 spiro atoms. The van der Waals surface area contributed by atoms with E-state index in [0.29, 0.717) is 5.92 Å². The van der Waals surface area contributed by atoms with Crippen LogP contribution >= 0.6 is 0 Å². The third-order valence-electron chi connectivity index (χ3n) is 2.96. The maximum Gasteiger partial charge on any atom is 0.148 e. The van der Waals surface area contributed by atoms with Crippen molar-refractivity contribution < 1.29 is 5.11 Å². The van der Waals surface area contributed by atoms with Crippen molar-refractivity contribution in [2.45, 2.75) is 32.3 Å². The molecule has 2 N–H and O–H groups in total. The first-order chi connectivity index (χ1) is 7.25. The molecule has 0 aromatic carbocycles. The summed E-state index contributed by atoms with van der Waals surface area (Å²) in [5, 5.41) is 20.8. The van der Waals surface area contributed by atoms with Crippen LogP contribution in [0.15, 0.2) is 12.1 Å². The van der Waals surface area contributed by atoms with Gasteiger partial charge in [-0.3, -0.25) is 0 Å². The molecule has 4 nitrogen and oxygen atoms in total. The Balaban J connectivity index is 1.85. The van der Waals surface area contributed by atoms with E-state index in [0.717, 1.165) is 37.3 Å². The first-order valence-electron chi connectivity index (χ1n) is 5.48. The fraction of sp³-hybridized carbons (Fsp3) is 0.636. The zero-order chi connectivity index (χ0) is 10.7. The Labute approximate surface area is 89.7 Å². The fourth-order valence-corrected chi connectivity index (χ4v) is 1.98. The summed E-state index contributed by atoms with van der Waals surface area (Å²) in [6, 6.07) is 3.85. The Bertz CT molecular complexity index is 312. The van der Waals surface area contributed by atoms with E-state index in [9.17, 15) is 5.11 Å². The molecule has 1 heterocycles. The van der Waals surface area contributed by atoms with Crippen LogP contribution in [0.1, 0.15) is 25.0 Å². The van der Waals surface area contributed by atoms with E-state index in [-0.39, 0.29) is 6.10 Å². The van der Waals surface area contributed by atoms with Gasteiger partial charge in [0.25, 0.3) is 0 Å². The standard InChI is InChI=1S/C11H17N3O/c1-8-5-6-11(14-13-8)12-7-9-3-2-4-10(9)15/h5-6,9-10,15H,2-4,7H2,1H3,(H,12,14). The van der Waals surface area contributed by atoms with E-state index in [1.54, 1.807) is 0 Å². The Kier molecular flexibility index (Phi) is 3.16. The van der Waals surface area contributed by atoms with Gasteiger partial charge in [-0.2, -0.15) is 5.10 Å². The second kappa shape index (κ2) is 4.57. The van der Waals surface area contributed by atoms with Crippen molar-refractivity contribution in [2.24, 2.45) is 5.92 Å². The molecular formula is C11H17N3O. The van der Waals surface area contributed by atoms with Crippen LogP contribution in [-0.4, -0.2) is 28.0 Å². The zero-order valence-corrected chi connectivity index (χ0v) is 8.98. The molecule has 0 saturated heterocycles. The van der Waals surface area contributed by atoms with Gasteiger partial charge in [0, 0.05) is 12.5 Å². The molecule has 1 aliphatic carbocycles. The van der Waals surface area contributed by atoms with Crippen molar-refractivity contribution in [2.75, 3.05) is 11.9 Å². The molecule has 0 amide bonds. The molecule has 15 heavy (non-hydrogen) atoms. The van der Waals surface area contributed by atoms with Gasteiger partial charge in [0.05, 0.1) is 11.8 Å². The minimum atomic E-state index is -0.143. The van der Waals surface area contributed by atoms with Crippen LogP contribution in [-0.2, 0) is 0 Å². The van der Waals surface area contributed by atoms with Crippen LogP contribution in [0.4, 0.5) is 5.82 Å². The number of anilines is 1. The van der Waals surface area contributed by atoms with Gasteiger partial charge in [-0.05, 0) is 31.9 Å². The number of aliphatic hydroxyl groups is 1. The molecule has 2 unspecified atom stereocenters. The summed E-state index contributed by atoms with van der Waals surface area (Å²) in [4.78, 5) is 0. The molecule has 1 saturated carbocycles. The van der Waals surface area contributed by atoms with Crippen molar-refractivity contribution in [3.8, 4) is 0 Å². The fourth-order valence-electron chi connectivity index (χ4n) is 1.98. The summed E-state index contributed by atoms with van der Waals surface area (Å²) >= 11 is 0. The lowest BCUT2D eigenvalue weighted by Gasteiger charge is -2.14. The quantitative estimate of drug-likeness (QED) is 0.785. The summed E-state index contributed by atoms with van der Waals surface area (Å²) in [6.45, 7) is 2.70. The van der Waals surface area contributed by atoms with Crippen LogP contribution in [0.3, 0.4) is 0 Å². The number of hydrogen-bond acceptors (Lipinski definition) is 4. The second-order valence-corrected chi connectivity index (χ2v) is 4.20. The van der Waals surface area contributed by atoms with Crippen LogP contribution < -0.4 is 5.32 Å². The number of hydrogen-bond donors (Lipinski definition) is 2. The molecule has 1 aromatic heterocycles. The minimum absolute atomic E-state index is 0.143. The Morgan fingerprint density at radius 3 is 2.87 bits per heavy atom. The van der Waals surface area contributed by atoms with Gasteiger partial charge in [-0.25, -0.2) is 0 Å². The first kappa shape index (κ1) is 10.4. The van der Waals surface area contributed by atoms with Gasteiger partial charge in [0.2, 0.25) is 0 Å². The lowest BCUT2D eigenvalue weighted by molar-refractivity contribution is 0.138. The van der Waals surface area contributed by atoms with Crippen LogP contribution in [0.5, 0.6) is 0 Å². The lowest BCUT2D eigenvalue weighted by atomic mass is 10.1. The zero-order valence-electron chi connectivity index (χ0n) is 8.98. The average Bonchev–Trinajstić information content (AvgIpc) is 2.63. The van der Waals surface area contributed by atoms with Gasteiger partial charge in [0.1, 0.15) is 5.82 Å². The summed E-state index contributed by atoms with van der Waals surface area (Å²) < 4.78 is 0. The van der Waals surface area contributed by atoms with Gasteiger partial charge >= 0.3 is 0 Å². The summed E-state index contributed by atoms with van der Waals surface area (Å²) in [6.07, 6.45) is 3.03. The highest BCUT2D eigenvalue weighted by molar-refractivity contribution is 5.32. The van der Waals surface area contributed by atoms with Crippen LogP contribution in [0, 0.1) is 12.8 Å². The van der Waals surface area contributed by atoms with E-state index >= 15 is 0 Å². The molecular weight excluding hydrogens is 190 g/mol. The number of nitrogens with one attached hydrogen (secondary N) is 1. The van der Waals surface area contributed by atoms with Crippen molar-refractivity contribution >= 4 is 5.82 Å². The molecule has 0 radical (unpaired) electrons. The number of aromatic nitrogens is 2. The van der Waals surface area contributed by atoms with E-state index in [1.807, 2.05) is 19.1 Å². The predicted octanol–water partition coefficient (Wildman–Crippen LogP) is 1.36. The molecule has 0 aliphatic heterocycles. The Hall–Kier alpha value is -1.16. The topological polar surface area (TPSA) is 58.0 Å². The summed E-state index contributed by atoms with van der Waals surface area (Å²) in [5.41, 5.74) is 0.918. The normalized spacial score (nSPS) is 25.5. The molecule has 2 rings (SSSR count). The van der Waals surface area contributed by atoms with Crippen molar-refractivity contribution in [3.05, 3.63) is 17.8 Å². The monoisotopic (exact) mass is 207 g/mol. The molecule has 82 valence electrons. The minimum Gasteiger partial charge on any atom is -0.393 e. The third-order valence-corrected chi connectivity index (χ3v) is 2.96. The molecule has 2 atom stereocenters. The van der Waals surface area contributed by atoms with Crippen LogP contribution in [0.25, 0.3) is 0 Å². The van der Waals surface area contributed by atoms with Crippen molar-refractivity contribution in [3.63, 3.8) is 0 Å². The highest BCUT2D eigenvalue weighted by atomic mass is 16.3. The number of rotatable bonds is 3. The smallest absolute Gasteiger partial charge is 0.148 e. The molecule has 0 bridgehead atoms. The average molecular weight is 207 g/mol. The van der Waals surface area contributed by atoms with E-state index < -0.39 is 0 Å². The molecule has 1 aliphatic rings. The second-order valence-electron chi connectivity index (χ2n) is 4.20. The van der Waals surface area contributed by atoms with Crippen molar-refractivity contribution in [1.29, 1.82) is 0 Å². The van der Waals surface area contributed by atoms with E-state index in [2.05, 4.69) is 15.5 Å². The maximum absolute atomic E-state index is 9.64.